The third-order valence-electron chi connectivity index (χ3n) is 5.72. The van der Waals surface area contributed by atoms with Crippen molar-refractivity contribution in [1.29, 1.82) is 0 Å². The van der Waals surface area contributed by atoms with Crippen molar-refractivity contribution in [1.82, 2.24) is 19.6 Å². The van der Waals surface area contributed by atoms with Crippen LogP contribution in [0.3, 0.4) is 0 Å². The van der Waals surface area contributed by atoms with E-state index in [1.165, 1.54) is 12.8 Å². The van der Waals surface area contributed by atoms with Gasteiger partial charge in [0.1, 0.15) is 0 Å². The van der Waals surface area contributed by atoms with Gasteiger partial charge in [0.05, 0.1) is 6.54 Å². The standard InChI is InChI=1S/C17H30N4O2/c1-13-10-19(12-17(23)18(3)15-4-5-15)11-16(13)21-8-6-20(7-9-21)14(2)22/h13,15-16H,4-12H2,1-3H3. The molecule has 2 aliphatic heterocycles. The molecule has 0 spiro atoms. The minimum atomic E-state index is 0.180. The Kier molecular flexibility index (Phi) is 4.92. The van der Waals surface area contributed by atoms with Gasteiger partial charge in [0, 0.05) is 65.3 Å². The number of hydrogen-bond acceptors (Lipinski definition) is 4. The van der Waals surface area contributed by atoms with E-state index in [-0.39, 0.29) is 11.8 Å². The van der Waals surface area contributed by atoms with Crippen molar-refractivity contribution in [2.24, 2.45) is 5.92 Å². The molecule has 0 bridgehead atoms. The topological polar surface area (TPSA) is 47.1 Å². The first-order valence-electron chi connectivity index (χ1n) is 8.93. The predicted molar refractivity (Wildman–Crippen MR) is 89.0 cm³/mol. The van der Waals surface area contributed by atoms with E-state index in [1.54, 1.807) is 6.92 Å². The molecule has 3 aliphatic rings. The Morgan fingerprint density at radius 1 is 1.09 bits per heavy atom. The van der Waals surface area contributed by atoms with E-state index >= 15 is 0 Å². The molecule has 1 saturated carbocycles. The molecule has 2 unspecified atom stereocenters. The zero-order valence-electron chi connectivity index (χ0n) is 14.7. The van der Waals surface area contributed by atoms with Gasteiger partial charge in [-0.15, -0.1) is 0 Å². The molecule has 2 saturated heterocycles. The van der Waals surface area contributed by atoms with Crippen LogP contribution in [0.1, 0.15) is 26.7 Å². The van der Waals surface area contributed by atoms with Crippen molar-refractivity contribution in [3.05, 3.63) is 0 Å². The van der Waals surface area contributed by atoms with Crippen LogP contribution in [0.2, 0.25) is 0 Å². The summed E-state index contributed by atoms with van der Waals surface area (Å²) in [5.41, 5.74) is 0. The van der Waals surface area contributed by atoms with Crippen LogP contribution in [0.15, 0.2) is 0 Å². The number of rotatable bonds is 4. The average Bonchev–Trinajstić information content (AvgIpc) is 3.30. The Morgan fingerprint density at radius 3 is 2.30 bits per heavy atom. The summed E-state index contributed by atoms with van der Waals surface area (Å²) in [7, 11) is 1.94. The van der Waals surface area contributed by atoms with E-state index in [4.69, 9.17) is 0 Å². The maximum absolute atomic E-state index is 12.3. The van der Waals surface area contributed by atoms with Gasteiger partial charge in [-0.25, -0.2) is 0 Å². The smallest absolute Gasteiger partial charge is 0.236 e. The first-order chi connectivity index (χ1) is 11.0. The van der Waals surface area contributed by atoms with E-state index < -0.39 is 0 Å². The van der Waals surface area contributed by atoms with Gasteiger partial charge in [0.25, 0.3) is 0 Å². The van der Waals surface area contributed by atoms with Gasteiger partial charge in [0.15, 0.2) is 0 Å². The molecule has 130 valence electrons. The van der Waals surface area contributed by atoms with Gasteiger partial charge in [0.2, 0.25) is 11.8 Å². The zero-order valence-corrected chi connectivity index (χ0v) is 14.7. The molecule has 0 N–H and O–H groups in total. The predicted octanol–water partition coefficient (Wildman–Crippen LogP) is 0.0916. The van der Waals surface area contributed by atoms with Gasteiger partial charge in [-0.2, -0.15) is 0 Å². The fourth-order valence-electron chi connectivity index (χ4n) is 3.99. The first-order valence-corrected chi connectivity index (χ1v) is 8.93. The monoisotopic (exact) mass is 322 g/mol. The molecule has 0 aromatic rings. The zero-order chi connectivity index (χ0) is 16.6. The summed E-state index contributed by atoms with van der Waals surface area (Å²) in [4.78, 5) is 32.5. The molecule has 0 aromatic carbocycles. The number of carbonyl (C=O) groups excluding carboxylic acids is 2. The molecule has 6 nitrogen and oxygen atoms in total. The number of amides is 2. The van der Waals surface area contributed by atoms with Crippen LogP contribution in [-0.4, -0.2) is 96.4 Å². The number of carbonyl (C=O) groups is 2. The van der Waals surface area contributed by atoms with Crippen LogP contribution in [0.5, 0.6) is 0 Å². The number of piperazine rings is 1. The van der Waals surface area contributed by atoms with Crippen molar-refractivity contribution < 1.29 is 9.59 Å². The molecule has 2 amide bonds. The van der Waals surface area contributed by atoms with Gasteiger partial charge >= 0.3 is 0 Å². The minimum absolute atomic E-state index is 0.180. The molecule has 23 heavy (non-hydrogen) atoms. The number of nitrogens with zero attached hydrogens (tertiary/aromatic N) is 4. The summed E-state index contributed by atoms with van der Waals surface area (Å²) in [5, 5.41) is 0. The molecule has 1 aliphatic carbocycles. The lowest BCUT2D eigenvalue weighted by Crippen LogP contribution is -2.53. The van der Waals surface area contributed by atoms with Crippen molar-refractivity contribution in [2.45, 2.75) is 38.8 Å². The highest BCUT2D eigenvalue weighted by Gasteiger charge is 2.37. The molecular weight excluding hydrogens is 292 g/mol. The third kappa shape index (κ3) is 3.86. The van der Waals surface area contributed by atoms with Crippen LogP contribution in [0, 0.1) is 5.92 Å². The van der Waals surface area contributed by atoms with E-state index in [1.807, 2.05) is 16.8 Å². The van der Waals surface area contributed by atoms with Gasteiger partial charge in [-0.1, -0.05) is 6.92 Å². The van der Waals surface area contributed by atoms with Crippen molar-refractivity contribution in [2.75, 3.05) is 52.9 Å². The largest absolute Gasteiger partial charge is 0.342 e. The second-order valence-corrected chi connectivity index (χ2v) is 7.52. The summed E-state index contributed by atoms with van der Waals surface area (Å²) in [6.07, 6.45) is 2.34. The lowest BCUT2D eigenvalue weighted by Gasteiger charge is -2.39. The maximum Gasteiger partial charge on any atom is 0.236 e. The van der Waals surface area contributed by atoms with Crippen LogP contribution in [0.25, 0.3) is 0 Å². The number of likely N-dealkylation sites (N-methyl/N-ethyl adjacent to an activating group) is 1. The normalized spacial score (nSPS) is 29.8. The molecule has 6 heteroatoms. The third-order valence-corrected chi connectivity index (χ3v) is 5.72. The van der Waals surface area contributed by atoms with Crippen LogP contribution in [0.4, 0.5) is 0 Å². The maximum atomic E-state index is 12.3. The van der Waals surface area contributed by atoms with E-state index in [9.17, 15) is 9.59 Å². The SMILES string of the molecule is CC(=O)N1CCN(C2CN(CC(=O)N(C)C3CC3)CC2C)CC1. The molecular formula is C17H30N4O2. The molecule has 0 aromatic heterocycles. The van der Waals surface area contributed by atoms with Crippen LogP contribution < -0.4 is 0 Å². The Bertz CT molecular complexity index is 458. The second-order valence-electron chi connectivity index (χ2n) is 7.52. The molecule has 2 atom stereocenters. The fraction of sp³-hybridized carbons (Fsp3) is 0.882. The summed E-state index contributed by atoms with van der Waals surface area (Å²) in [6, 6.07) is 1.01. The Balaban J connectivity index is 1.48. The summed E-state index contributed by atoms with van der Waals surface area (Å²) in [6.45, 7) is 10.1. The minimum Gasteiger partial charge on any atom is -0.342 e. The van der Waals surface area contributed by atoms with Crippen molar-refractivity contribution in [3.8, 4) is 0 Å². The Labute approximate surface area is 139 Å². The van der Waals surface area contributed by atoms with Gasteiger partial charge in [-0.05, 0) is 18.8 Å². The molecule has 2 heterocycles. The van der Waals surface area contributed by atoms with E-state index in [2.05, 4.69) is 16.7 Å². The average molecular weight is 322 g/mol. The highest BCUT2D eigenvalue weighted by Crippen LogP contribution is 2.27. The highest BCUT2D eigenvalue weighted by molar-refractivity contribution is 5.78. The molecule has 3 fully saturated rings. The second kappa shape index (κ2) is 6.77. The Hall–Kier alpha value is -1.14. The highest BCUT2D eigenvalue weighted by atomic mass is 16.2. The summed E-state index contributed by atoms with van der Waals surface area (Å²) in [5.74, 6) is 1.03. The lowest BCUT2D eigenvalue weighted by molar-refractivity contribution is -0.132. The first kappa shape index (κ1) is 16.7. The van der Waals surface area contributed by atoms with Gasteiger partial charge < -0.3 is 9.80 Å². The van der Waals surface area contributed by atoms with Crippen molar-refractivity contribution >= 4 is 11.8 Å². The molecule has 3 rings (SSSR count). The number of hydrogen-bond donors (Lipinski definition) is 0. The van der Waals surface area contributed by atoms with Crippen molar-refractivity contribution in [3.63, 3.8) is 0 Å². The Morgan fingerprint density at radius 2 is 1.74 bits per heavy atom. The van der Waals surface area contributed by atoms with Crippen LogP contribution in [-0.2, 0) is 9.59 Å². The number of likely N-dealkylation sites (tertiary alicyclic amines) is 1. The summed E-state index contributed by atoms with van der Waals surface area (Å²) >= 11 is 0. The lowest BCUT2D eigenvalue weighted by atomic mass is 10.0. The quantitative estimate of drug-likeness (QED) is 0.736. The fourth-order valence-corrected chi connectivity index (χ4v) is 3.99. The van der Waals surface area contributed by atoms with E-state index in [0.29, 0.717) is 24.5 Å². The van der Waals surface area contributed by atoms with E-state index in [0.717, 1.165) is 39.3 Å². The summed E-state index contributed by atoms with van der Waals surface area (Å²) < 4.78 is 0. The van der Waals surface area contributed by atoms with Crippen LogP contribution >= 0.6 is 0 Å². The molecule has 0 radical (unpaired) electrons. The van der Waals surface area contributed by atoms with Gasteiger partial charge in [-0.3, -0.25) is 19.4 Å².